The fourth-order valence-corrected chi connectivity index (χ4v) is 2.56. The molecule has 4 nitrogen and oxygen atoms in total. The van der Waals surface area contributed by atoms with Crippen LogP contribution in [0.1, 0.15) is 5.89 Å². The molecule has 0 fully saturated rings. The van der Waals surface area contributed by atoms with Crippen molar-refractivity contribution >= 4 is 22.0 Å². The van der Waals surface area contributed by atoms with Crippen LogP contribution in [0.2, 0.25) is 0 Å². The Morgan fingerprint density at radius 3 is 2.95 bits per heavy atom. The molecule has 0 atom stereocenters. The molecule has 104 valence electrons. The molecule has 5 heteroatoms. The van der Waals surface area contributed by atoms with Crippen LogP contribution in [-0.2, 0) is 6.54 Å². The van der Waals surface area contributed by atoms with Crippen LogP contribution in [-0.4, -0.2) is 9.97 Å². The number of aromatic amines is 1. The summed E-state index contributed by atoms with van der Waals surface area (Å²) in [4.78, 5) is 7.36. The van der Waals surface area contributed by atoms with Gasteiger partial charge in [0.25, 0.3) is 0 Å². The van der Waals surface area contributed by atoms with Crippen LogP contribution >= 0.6 is 0 Å². The van der Waals surface area contributed by atoms with E-state index in [4.69, 9.17) is 10.2 Å². The van der Waals surface area contributed by atoms with Crippen LogP contribution in [0.4, 0.5) is 4.39 Å². The molecule has 0 aliphatic rings. The van der Waals surface area contributed by atoms with Gasteiger partial charge in [0, 0.05) is 22.7 Å². The van der Waals surface area contributed by atoms with Gasteiger partial charge in [-0.25, -0.2) is 9.37 Å². The molecular formula is C16H12FN3O. The van der Waals surface area contributed by atoms with E-state index >= 15 is 0 Å². The standard InChI is InChI=1S/C16H12FN3O/c17-10-2-3-11-12(8-19-14(11)6-10)9-1-4-13-15(5-9)21-16(7-18)20-13/h1-6,8,19H,7,18H2. The Morgan fingerprint density at radius 2 is 2.10 bits per heavy atom. The molecule has 0 radical (unpaired) electrons. The maximum absolute atomic E-state index is 13.2. The number of nitrogens with one attached hydrogen (secondary N) is 1. The quantitative estimate of drug-likeness (QED) is 0.590. The van der Waals surface area contributed by atoms with Gasteiger partial charge in [-0.3, -0.25) is 0 Å². The van der Waals surface area contributed by atoms with Crippen LogP contribution in [0.15, 0.2) is 47.0 Å². The number of H-pyrrole nitrogens is 1. The Morgan fingerprint density at radius 1 is 1.19 bits per heavy atom. The van der Waals surface area contributed by atoms with E-state index in [2.05, 4.69) is 9.97 Å². The fourth-order valence-electron chi connectivity index (χ4n) is 2.56. The number of rotatable bonds is 2. The van der Waals surface area contributed by atoms with Crippen LogP contribution < -0.4 is 5.73 Å². The first-order valence-corrected chi connectivity index (χ1v) is 6.61. The largest absolute Gasteiger partial charge is 0.439 e. The van der Waals surface area contributed by atoms with E-state index in [0.717, 1.165) is 27.5 Å². The van der Waals surface area contributed by atoms with Gasteiger partial charge in [0.2, 0.25) is 5.89 Å². The summed E-state index contributed by atoms with van der Waals surface area (Å²) in [5.41, 5.74) is 9.77. The van der Waals surface area contributed by atoms with E-state index in [1.54, 1.807) is 6.07 Å². The van der Waals surface area contributed by atoms with Crippen LogP contribution in [0.25, 0.3) is 33.1 Å². The van der Waals surface area contributed by atoms with Gasteiger partial charge in [-0.05, 0) is 35.9 Å². The molecule has 0 aliphatic carbocycles. The minimum atomic E-state index is -0.255. The molecule has 0 amide bonds. The summed E-state index contributed by atoms with van der Waals surface area (Å²) in [6.07, 6.45) is 1.87. The average molecular weight is 281 g/mol. The van der Waals surface area contributed by atoms with Gasteiger partial charge < -0.3 is 15.1 Å². The molecule has 2 aromatic carbocycles. The normalized spacial score (nSPS) is 11.5. The van der Waals surface area contributed by atoms with Gasteiger partial charge in [0.05, 0.1) is 6.54 Å². The Labute approximate surface area is 119 Å². The van der Waals surface area contributed by atoms with E-state index in [1.807, 2.05) is 24.4 Å². The molecule has 4 aromatic rings. The number of nitrogens with zero attached hydrogens (tertiary/aromatic N) is 1. The number of nitrogens with two attached hydrogens (primary N) is 1. The lowest BCUT2D eigenvalue weighted by atomic mass is 10.0. The second kappa shape index (κ2) is 4.43. The van der Waals surface area contributed by atoms with E-state index < -0.39 is 0 Å². The van der Waals surface area contributed by atoms with Crippen LogP contribution in [0, 0.1) is 5.82 Å². The molecule has 3 N–H and O–H groups in total. The van der Waals surface area contributed by atoms with Gasteiger partial charge in [-0.15, -0.1) is 0 Å². The van der Waals surface area contributed by atoms with Crippen molar-refractivity contribution in [1.82, 2.24) is 9.97 Å². The number of hydrogen-bond donors (Lipinski definition) is 2. The zero-order valence-corrected chi connectivity index (χ0v) is 11.1. The smallest absolute Gasteiger partial charge is 0.209 e. The third kappa shape index (κ3) is 1.90. The second-order valence-electron chi connectivity index (χ2n) is 4.89. The summed E-state index contributed by atoms with van der Waals surface area (Å²) < 4.78 is 18.8. The van der Waals surface area contributed by atoms with E-state index in [-0.39, 0.29) is 12.4 Å². The highest BCUT2D eigenvalue weighted by atomic mass is 19.1. The highest BCUT2D eigenvalue weighted by molar-refractivity contribution is 5.97. The van der Waals surface area contributed by atoms with Crippen molar-refractivity contribution < 1.29 is 8.81 Å². The number of hydrogen-bond acceptors (Lipinski definition) is 3. The molecule has 0 saturated carbocycles. The molecule has 2 heterocycles. The summed E-state index contributed by atoms with van der Waals surface area (Å²) in [5, 5.41) is 0.967. The van der Waals surface area contributed by atoms with Crippen LogP contribution in [0.3, 0.4) is 0 Å². The zero-order valence-electron chi connectivity index (χ0n) is 11.1. The first-order valence-electron chi connectivity index (χ1n) is 6.61. The van der Waals surface area contributed by atoms with Gasteiger partial charge in [-0.1, -0.05) is 6.07 Å². The molecular weight excluding hydrogens is 269 g/mol. The molecule has 0 spiro atoms. The first-order chi connectivity index (χ1) is 10.2. The Balaban J connectivity index is 1.91. The molecule has 2 aromatic heterocycles. The predicted octanol–water partition coefficient (Wildman–Crippen LogP) is 3.57. The van der Waals surface area contributed by atoms with Crippen molar-refractivity contribution in [3.63, 3.8) is 0 Å². The second-order valence-corrected chi connectivity index (χ2v) is 4.89. The van der Waals surface area contributed by atoms with Crippen LogP contribution in [0.5, 0.6) is 0 Å². The Hall–Kier alpha value is -2.66. The van der Waals surface area contributed by atoms with Crippen molar-refractivity contribution in [1.29, 1.82) is 0 Å². The number of benzene rings is 2. The lowest BCUT2D eigenvalue weighted by Gasteiger charge is -1.99. The highest BCUT2D eigenvalue weighted by Crippen LogP contribution is 2.31. The fraction of sp³-hybridized carbons (Fsp3) is 0.0625. The lowest BCUT2D eigenvalue weighted by Crippen LogP contribution is -1.94. The van der Waals surface area contributed by atoms with E-state index in [1.165, 1.54) is 12.1 Å². The SMILES string of the molecule is NCc1nc2ccc(-c3c[nH]c4cc(F)ccc34)cc2o1. The molecule has 0 aliphatic heterocycles. The van der Waals surface area contributed by atoms with Gasteiger partial charge in [0.1, 0.15) is 11.3 Å². The van der Waals surface area contributed by atoms with Gasteiger partial charge >= 0.3 is 0 Å². The Kier molecular flexibility index (Phi) is 2.55. The van der Waals surface area contributed by atoms with E-state index in [0.29, 0.717) is 11.5 Å². The monoisotopic (exact) mass is 281 g/mol. The van der Waals surface area contributed by atoms with Gasteiger partial charge in [0.15, 0.2) is 5.58 Å². The number of fused-ring (bicyclic) bond motifs is 2. The van der Waals surface area contributed by atoms with Crippen molar-refractivity contribution in [2.24, 2.45) is 5.73 Å². The maximum atomic E-state index is 13.2. The topological polar surface area (TPSA) is 67.8 Å². The summed E-state index contributed by atoms with van der Waals surface area (Å²) in [6, 6.07) is 10.5. The van der Waals surface area contributed by atoms with E-state index in [9.17, 15) is 4.39 Å². The van der Waals surface area contributed by atoms with Crippen molar-refractivity contribution in [2.45, 2.75) is 6.54 Å². The lowest BCUT2D eigenvalue weighted by molar-refractivity contribution is 0.533. The van der Waals surface area contributed by atoms with Crippen molar-refractivity contribution in [3.05, 3.63) is 54.3 Å². The molecule has 0 saturated heterocycles. The zero-order chi connectivity index (χ0) is 14.4. The third-order valence-corrected chi connectivity index (χ3v) is 3.56. The number of aromatic nitrogens is 2. The average Bonchev–Trinajstić information content (AvgIpc) is 3.08. The summed E-state index contributed by atoms with van der Waals surface area (Å²) >= 11 is 0. The van der Waals surface area contributed by atoms with Gasteiger partial charge in [-0.2, -0.15) is 0 Å². The predicted molar refractivity (Wildman–Crippen MR) is 79.2 cm³/mol. The number of oxazole rings is 1. The summed E-state index contributed by atoms with van der Waals surface area (Å²) in [6.45, 7) is 0.274. The van der Waals surface area contributed by atoms with Crippen molar-refractivity contribution in [3.8, 4) is 11.1 Å². The highest BCUT2D eigenvalue weighted by Gasteiger charge is 2.10. The minimum absolute atomic E-state index is 0.255. The summed E-state index contributed by atoms with van der Waals surface area (Å²) in [5.74, 6) is 0.261. The Bertz CT molecular complexity index is 955. The minimum Gasteiger partial charge on any atom is -0.439 e. The maximum Gasteiger partial charge on any atom is 0.209 e. The first kappa shape index (κ1) is 12.1. The summed E-state index contributed by atoms with van der Waals surface area (Å²) in [7, 11) is 0. The molecule has 0 bridgehead atoms. The molecule has 21 heavy (non-hydrogen) atoms. The number of halogens is 1. The molecule has 0 unspecified atom stereocenters. The third-order valence-electron chi connectivity index (χ3n) is 3.56. The molecule has 4 rings (SSSR count). The van der Waals surface area contributed by atoms with Crippen molar-refractivity contribution in [2.75, 3.05) is 0 Å².